The number of hydrogen-bond donors (Lipinski definition) is 1. The van der Waals surface area contributed by atoms with Gasteiger partial charge in [0.05, 0.1) is 12.2 Å². The van der Waals surface area contributed by atoms with Crippen LogP contribution in [0.15, 0.2) is 0 Å². The standard InChI is InChI=1S/C14H28O5/c1-12(2,3)16-18-14(9-7-6-8-10-14)19-17-13(4,5)11-15/h15H,6-11H2,1-5H3. The Balaban J connectivity index is 2.60. The predicted octanol–water partition coefficient (Wildman–Crippen LogP) is 3.11. The van der Waals surface area contributed by atoms with Gasteiger partial charge >= 0.3 is 0 Å². The average molecular weight is 276 g/mol. The molecule has 0 aliphatic heterocycles. The Kier molecular flexibility index (Phi) is 5.77. The van der Waals surface area contributed by atoms with Crippen molar-refractivity contribution >= 4 is 0 Å². The summed E-state index contributed by atoms with van der Waals surface area (Å²) in [5, 5.41) is 9.19. The zero-order valence-corrected chi connectivity index (χ0v) is 12.8. The normalized spacial score (nSPS) is 20.5. The summed E-state index contributed by atoms with van der Waals surface area (Å²) in [6.45, 7) is 9.15. The summed E-state index contributed by atoms with van der Waals surface area (Å²) in [4.78, 5) is 21.8. The van der Waals surface area contributed by atoms with E-state index in [1.165, 1.54) is 0 Å². The first-order chi connectivity index (χ1) is 8.68. The van der Waals surface area contributed by atoms with E-state index in [-0.39, 0.29) is 6.61 Å². The highest BCUT2D eigenvalue weighted by Gasteiger charge is 2.40. The van der Waals surface area contributed by atoms with Gasteiger partial charge in [-0.1, -0.05) is 6.42 Å². The van der Waals surface area contributed by atoms with E-state index in [9.17, 15) is 5.11 Å². The summed E-state index contributed by atoms with van der Waals surface area (Å²) >= 11 is 0. The SMILES string of the molecule is CC(C)(C)OOC1(OOC(C)(C)CO)CCCCC1. The van der Waals surface area contributed by atoms with E-state index in [1.807, 2.05) is 20.8 Å². The minimum atomic E-state index is -0.863. The molecule has 5 heteroatoms. The number of rotatable bonds is 6. The summed E-state index contributed by atoms with van der Waals surface area (Å²) in [6.07, 6.45) is 4.63. The van der Waals surface area contributed by atoms with Crippen LogP contribution < -0.4 is 0 Å². The lowest BCUT2D eigenvalue weighted by molar-refractivity contribution is -0.547. The number of aliphatic hydroxyl groups excluding tert-OH is 1. The highest BCUT2D eigenvalue weighted by Crippen LogP contribution is 2.35. The fourth-order valence-electron chi connectivity index (χ4n) is 1.69. The minimum absolute atomic E-state index is 0.122. The van der Waals surface area contributed by atoms with Crippen molar-refractivity contribution in [2.24, 2.45) is 0 Å². The van der Waals surface area contributed by atoms with Gasteiger partial charge in [0.2, 0.25) is 5.79 Å². The van der Waals surface area contributed by atoms with Crippen LogP contribution in [0.4, 0.5) is 0 Å². The number of hydrogen-bond acceptors (Lipinski definition) is 5. The molecule has 1 aliphatic carbocycles. The van der Waals surface area contributed by atoms with Crippen molar-refractivity contribution in [3.05, 3.63) is 0 Å². The molecule has 0 atom stereocenters. The summed E-state index contributed by atoms with van der Waals surface area (Å²) < 4.78 is 0. The van der Waals surface area contributed by atoms with Crippen LogP contribution >= 0.6 is 0 Å². The zero-order valence-electron chi connectivity index (χ0n) is 12.8. The smallest absolute Gasteiger partial charge is 0.234 e. The molecule has 19 heavy (non-hydrogen) atoms. The first-order valence-corrected chi connectivity index (χ1v) is 7.03. The highest BCUT2D eigenvalue weighted by atomic mass is 17.3. The van der Waals surface area contributed by atoms with E-state index in [2.05, 4.69) is 0 Å². The molecule has 5 nitrogen and oxygen atoms in total. The van der Waals surface area contributed by atoms with Gasteiger partial charge in [0.1, 0.15) is 5.60 Å². The maximum atomic E-state index is 9.19. The lowest BCUT2D eigenvalue weighted by Crippen LogP contribution is -2.43. The lowest BCUT2D eigenvalue weighted by Gasteiger charge is -2.37. The molecular weight excluding hydrogens is 248 g/mol. The Labute approximate surface area is 116 Å². The van der Waals surface area contributed by atoms with Crippen molar-refractivity contribution in [3.8, 4) is 0 Å². The van der Waals surface area contributed by atoms with Crippen molar-refractivity contribution in [2.75, 3.05) is 6.61 Å². The Morgan fingerprint density at radius 3 is 1.89 bits per heavy atom. The summed E-state index contributed by atoms with van der Waals surface area (Å²) in [6, 6.07) is 0. The van der Waals surface area contributed by atoms with Gasteiger partial charge in [0.25, 0.3) is 0 Å². The third-order valence-electron chi connectivity index (χ3n) is 2.86. The zero-order chi connectivity index (χ0) is 14.6. The van der Waals surface area contributed by atoms with Gasteiger partial charge in [0.15, 0.2) is 0 Å². The summed E-state index contributed by atoms with van der Waals surface area (Å²) in [5.74, 6) is -0.863. The molecule has 1 saturated carbocycles. The molecule has 1 aliphatic rings. The molecule has 1 rings (SSSR count). The van der Waals surface area contributed by atoms with Crippen molar-refractivity contribution in [2.45, 2.75) is 83.7 Å². The molecule has 0 unspecified atom stereocenters. The Hall–Kier alpha value is -0.200. The maximum Gasteiger partial charge on any atom is 0.234 e. The first kappa shape index (κ1) is 16.9. The Morgan fingerprint density at radius 1 is 0.895 bits per heavy atom. The van der Waals surface area contributed by atoms with Crippen molar-refractivity contribution < 1.29 is 24.7 Å². The van der Waals surface area contributed by atoms with Gasteiger partial charge in [-0.15, -0.1) is 0 Å². The van der Waals surface area contributed by atoms with Gasteiger partial charge in [-0.25, -0.2) is 9.78 Å². The van der Waals surface area contributed by atoms with Crippen molar-refractivity contribution in [1.82, 2.24) is 0 Å². The van der Waals surface area contributed by atoms with Gasteiger partial charge in [-0.3, -0.25) is 0 Å². The summed E-state index contributed by atoms with van der Waals surface area (Å²) in [5.41, 5.74) is -1.16. The van der Waals surface area contributed by atoms with Crippen LogP contribution in [-0.2, 0) is 19.6 Å². The van der Waals surface area contributed by atoms with E-state index >= 15 is 0 Å². The Bertz CT molecular complexity index is 264. The predicted molar refractivity (Wildman–Crippen MR) is 71.1 cm³/mol. The molecule has 0 aromatic rings. The second-order valence-corrected chi connectivity index (χ2v) is 6.83. The molecule has 114 valence electrons. The van der Waals surface area contributed by atoms with E-state index in [4.69, 9.17) is 19.6 Å². The van der Waals surface area contributed by atoms with Crippen LogP contribution in [0.5, 0.6) is 0 Å². The average Bonchev–Trinajstić information content (AvgIpc) is 2.35. The van der Waals surface area contributed by atoms with Gasteiger partial charge in [0, 0.05) is 12.8 Å². The third kappa shape index (κ3) is 6.19. The highest BCUT2D eigenvalue weighted by molar-refractivity contribution is 4.74. The minimum Gasteiger partial charge on any atom is -0.393 e. The first-order valence-electron chi connectivity index (χ1n) is 7.03. The van der Waals surface area contributed by atoms with Gasteiger partial charge < -0.3 is 5.11 Å². The van der Waals surface area contributed by atoms with E-state index in [1.54, 1.807) is 13.8 Å². The molecule has 0 aromatic carbocycles. The molecule has 0 heterocycles. The quantitative estimate of drug-likeness (QED) is 0.459. The second kappa shape index (κ2) is 6.50. The van der Waals surface area contributed by atoms with Crippen molar-refractivity contribution in [1.29, 1.82) is 0 Å². The Morgan fingerprint density at radius 2 is 1.42 bits per heavy atom. The largest absolute Gasteiger partial charge is 0.393 e. The van der Waals surface area contributed by atoms with Crippen LogP contribution in [0.1, 0.15) is 66.7 Å². The van der Waals surface area contributed by atoms with Gasteiger partial charge in [-0.05, 0) is 47.5 Å². The topological polar surface area (TPSA) is 57.2 Å². The molecule has 0 bridgehead atoms. The molecule has 0 spiro atoms. The lowest BCUT2D eigenvalue weighted by atomic mass is 9.94. The third-order valence-corrected chi connectivity index (χ3v) is 2.86. The number of aliphatic hydroxyl groups is 1. The van der Waals surface area contributed by atoms with Gasteiger partial charge in [-0.2, -0.15) is 9.78 Å². The fraction of sp³-hybridized carbons (Fsp3) is 1.00. The van der Waals surface area contributed by atoms with Crippen LogP contribution in [0.3, 0.4) is 0 Å². The van der Waals surface area contributed by atoms with Crippen LogP contribution in [-0.4, -0.2) is 28.7 Å². The molecule has 0 aromatic heterocycles. The monoisotopic (exact) mass is 276 g/mol. The summed E-state index contributed by atoms with van der Waals surface area (Å²) in [7, 11) is 0. The van der Waals surface area contributed by atoms with Crippen LogP contribution in [0.25, 0.3) is 0 Å². The molecule has 1 N–H and O–H groups in total. The maximum absolute atomic E-state index is 9.19. The molecular formula is C14H28O5. The second-order valence-electron chi connectivity index (χ2n) is 6.83. The van der Waals surface area contributed by atoms with E-state index < -0.39 is 17.0 Å². The van der Waals surface area contributed by atoms with Crippen LogP contribution in [0, 0.1) is 0 Å². The van der Waals surface area contributed by atoms with Crippen LogP contribution in [0.2, 0.25) is 0 Å². The fourth-order valence-corrected chi connectivity index (χ4v) is 1.69. The van der Waals surface area contributed by atoms with Crippen molar-refractivity contribution in [3.63, 3.8) is 0 Å². The molecule has 0 amide bonds. The molecule has 0 saturated heterocycles. The van der Waals surface area contributed by atoms with E-state index in [0.29, 0.717) is 0 Å². The van der Waals surface area contributed by atoms with E-state index in [0.717, 1.165) is 32.1 Å². The molecule has 1 fully saturated rings. The molecule has 0 radical (unpaired) electrons.